The standard InChI is InChI=1S/C29H48O3/c1-8-10-20-28(30)22-27(29(31)32-9-2)21-26(7)19-13-18-25(6)17-12-16-24(5)15-11-14-23(3)4/h14,16,18,21,27H,8-13,15,17,19-20,22H2,1-7H3/b24-16+,25-18+,26-21+. The van der Waals surface area contributed by atoms with E-state index >= 15 is 0 Å². The summed E-state index contributed by atoms with van der Waals surface area (Å²) >= 11 is 0. The van der Waals surface area contributed by atoms with Crippen LogP contribution in [0, 0.1) is 5.92 Å². The van der Waals surface area contributed by atoms with Gasteiger partial charge in [0.25, 0.3) is 0 Å². The second-order valence-electron chi connectivity index (χ2n) is 9.22. The summed E-state index contributed by atoms with van der Waals surface area (Å²) in [4.78, 5) is 24.5. The Morgan fingerprint density at radius 2 is 1.28 bits per heavy atom. The smallest absolute Gasteiger partial charge is 0.313 e. The molecule has 3 nitrogen and oxygen atoms in total. The normalized spacial score (nSPS) is 13.7. The van der Waals surface area contributed by atoms with Gasteiger partial charge in [-0.2, -0.15) is 0 Å². The minimum absolute atomic E-state index is 0.147. The Labute approximate surface area is 198 Å². The summed E-state index contributed by atoms with van der Waals surface area (Å²) in [5.74, 6) is -0.590. The van der Waals surface area contributed by atoms with Gasteiger partial charge >= 0.3 is 5.97 Å². The number of ether oxygens (including phenoxy) is 1. The van der Waals surface area contributed by atoms with E-state index in [1.807, 2.05) is 13.0 Å². The predicted molar refractivity (Wildman–Crippen MR) is 138 cm³/mol. The Kier molecular flexibility index (Phi) is 17.5. The van der Waals surface area contributed by atoms with Gasteiger partial charge < -0.3 is 4.74 Å². The van der Waals surface area contributed by atoms with Crippen LogP contribution in [0.2, 0.25) is 0 Å². The number of ketones is 1. The lowest BCUT2D eigenvalue weighted by Gasteiger charge is -2.13. The molecule has 0 aliphatic rings. The lowest BCUT2D eigenvalue weighted by molar-refractivity contribution is -0.147. The molecule has 0 rings (SSSR count). The first-order valence-electron chi connectivity index (χ1n) is 12.5. The van der Waals surface area contributed by atoms with Gasteiger partial charge in [0.15, 0.2) is 0 Å². The first-order valence-corrected chi connectivity index (χ1v) is 12.5. The second-order valence-corrected chi connectivity index (χ2v) is 9.22. The minimum atomic E-state index is -0.455. The van der Waals surface area contributed by atoms with Crippen LogP contribution in [0.15, 0.2) is 46.6 Å². The molecule has 0 bridgehead atoms. The highest BCUT2D eigenvalue weighted by Gasteiger charge is 2.20. The third-order valence-electron chi connectivity index (χ3n) is 5.49. The Bertz CT molecular complexity index is 673. The predicted octanol–water partition coefficient (Wildman–Crippen LogP) is 8.46. The van der Waals surface area contributed by atoms with Crippen molar-refractivity contribution in [3.8, 4) is 0 Å². The first kappa shape index (κ1) is 30.1. The fourth-order valence-corrected chi connectivity index (χ4v) is 3.49. The van der Waals surface area contributed by atoms with E-state index in [2.05, 4.69) is 52.8 Å². The Balaban J connectivity index is 4.63. The summed E-state index contributed by atoms with van der Waals surface area (Å²) in [5.41, 5.74) is 5.40. The van der Waals surface area contributed by atoms with Crippen molar-refractivity contribution < 1.29 is 14.3 Å². The van der Waals surface area contributed by atoms with Crippen LogP contribution in [0.4, 0.5) is 0 Å². The molecule has 0 aromatic carbocycles. The van der Waals surface area contributed by atoms with Crippen molar-refractivity contribution in [3.63, 3.8) is 0 Å². The maximum Gasteiger partial charge on any atom is 0.313 e. The molecule has 0 aliphatic heterocycles. The van der Waals surface area contributed by atoms with Crippen molar-refractivity contribution in [2.75, 3.05) is 6.61 Å². The Morgan fingerprint density at radius 3 is 1.78 bits per heavy atom. The molecule has 0 aliphatic carbocycles. The van der Waals surface area contributed by atoms with Crippen LogP contribution in [0.1, 0.15) is 113 Å². The van der Waals surface area contributed by atoms with Crippen LogP contribution in [0.25, 0.3) is 0 Å². The maximum absolute atomic E-state index is 12.3. The highest BCUT2D eigenvalue weighted by molar-refractivity contribution is 5.85. The van der Waals surface area contributed by atoms with Crippen molar-refractivity contribution in [2.45, 2.75) is 113 Å². The lowest BCUT2D eigenvalue weighted by Crippen LogP contribution is -2.19. The molecule has 0 N–H and O–H groups in total. The zero-order chi connectivity index (χ0) is 24.4. The zero-order valence-corrected chi connectivity index (χ0v) is 21.9. The number of rotatable bonds is 17. The molecule has 182 valence electrons. The number of esters is 1. The number of Topliss-reactive ketones (excluding diaryl/α,β-unsaturated/α-hetero) is 1. The maximum atomic E-state index is 12.3. The third kappa shape index (κ3) is 16.8. The molecule has 32 heavy (non-hydrogen) atoms. The van der Waals surface area contributed by atoms with Gasteiger partial charge in [0.1, 0.15) is 5.78 Å². The largest absolute Gasteiger partial charge is 0.466 e. The summed E-state index contributed by atoms with van der Waals surface area (Å²) in [6, 6.07) is 0. The van der Waals surface area contributed by atoms with Gasteiger partial charge in [-0.3, -0.25) is 9.59 Å². The van der Waals surface area contributed by atoms with Crippen molar-refractivity contribution in [1.82, 2.24) is 0 Å². The van der Waals surface area contributed by atoms with Gasteiger partial charge in [0.2, 0.25) is 0 Å². The Hall–Kier alpha value is -1.90. The molecule has 0 amide bonds. The average Bonchev–Trinajstić information content (AvgIpc) is 2.71. The molecule has 3 heteroatoms. The molecule has 0 radical (unpaired) electrons. The van der Waals surface area contributed by atoms with E-state index in [0.717, 1.165) is 56.9 Å². The molecule has 1 unspecified atom stereocenters. The molecule has 1 atom stereocenters. The molecule has 0 fully saturated rings. The SMILES string of the molecule is CCCCC(=O)CC(/C=C(\C)CC/C=C(\C)CC/C=C(\C)CCC=C(C)C)C(=O)OCC. The second kappa shape index (κ2) is 18.7. The highest BCUT2D eigenvalue weighted by Crippen LogP contribution is 2.18. The fraction of sp³-hybridized carbons (Fsp3) is 0.655. The molecular formula is C29H48O3. The third-order valence-corrected chi connectivity index (χ3v) is 5.49. The minimum Gasteiger partial charge on any atom is -0.466 e. The van der Waals surface area contributed by atoms with Gasteiger partial charge in [-0.25, -0.2) is 0 Å². The fourth-order valence-electron chi connectivity index (χ4n) is 3.49. The number of carbonyl (C=O) groups excluding carboxylic acids is 2. The van der Waals surface area contributed by atoms with Crippen LogP contribution in [-0.2, 0) is 14.3 Å². The molecule has 0 heterocycles. The van der Waals surface area contributed by atoms with Crippen molar-refractivity contribution in [2.24, 2.45) is 5.92 Å². The molecular weight excluding hydrogens is 396 g/mol. The van der Waals surface area contributed by atoms with E-state index < -0.39 is 5.92 Å². The first-order chi connectivity index (χ1) is 15.2. The lowest BCUT2D eigenvalue weighted by atomic mass is 9.96. The number of unbranched alkanes of at least 4 members (excludes halogenated alkanes) is 1. The number of hydrogen-bond acceptors (Lipinski definition) is 3. The van der Waals surface area contributed by atoms with Gasteiger partial charge in [-0.05, 0) is 86.5 Å². The quantitative estimate of drug-likeness (QED) is 0.167. The van der Waals surface area contributed by atoms with E-state index in [0.29, 0.717) is 13.0 Å². The van der Waals surface area contributed by atoms with Gasteiger partial charge in [0.05, 0.1) is 12.5 Å². The van der Waals surface area contributed by atoms with Crippen molar-refractivity contribution in [1.29, 1.82) is 0 Å². The van der Waals surface area contributed by atoms with Gasteiger partial charge in [0, 0.05) is 12.8 Å². The van der Waals surface area contributed by atoms with Crippen LogP contribution < -0.4 is 0 Å². The summed E-state index contributed by atoms with van der Waals surface area (Å²) in [5, 5.41) is 0. The van der Waals surface area contributed by atoms with E-state index in [-0.39, 0.29) is 18.2 Å². The van der Waals surface area contributed by atoms with Crippen LogP contribution in [-0.4, -0.2) is 18.4 Å². The molecule has 0 saturated carbocycles. The monoisotopic (exact) mass is 444 g/mol. The van der Waals surface area contributed by atoms with Crippen LogP contribution >= 0.6 is 0 Å². The van der Waals surface area contributed by atoms with Crippen molar-refractivity contribution in [3.05, 3.63) is 46.6 Å². The number of carbonyl (C=O) groups is 2. The topological polar surface area (TPSA) is 43.4 Å². The van der Waals surface area contributed by atoms with Crippen LogP contribution in [0.5, 0.6) is 0 Å². The van der Waals surface area contributed by atoms with E-state index in [9.17, 15) is 9.59 Å². The molecule has 0 aromatic heterocycles. The molecule has 0 spiro atoms. The van der Waals surface area contributed by atoms with E-state index in [4.69, 9.17) is 4.74 Å². The average molecular weight is 445 g/mol. The zero-order valence-electron chi connectivity index (χ0n) is 21.9. The molecule has 0 aromatic rings. The molecule has 0 saturated heterocycles. The van der Waals surface area contributed by atoms with E-state index in [1.165, 1.54) is 16.7 Å². The number of hydrogen-bond donors (Lipinski definition) is 0. The summed E-state index contributed by atoms with van der Waals surface area (Å²) in [7, 11) is 0. The number of allylic oxidation sites excluding steroid dienone is 7. The van der Waals surface area contributed by atoms with Crippen LogP contribution in [0.3, 0.4) is 0 Å². The van der Waals surface area contributed by atoms with Gasteiger partial charge in [-0.1, -0.05) is 59.9 Å². The van der Waals surface area contributed by atoms with E-state index in [1.54, 1.807) is 6.92 Å². The highest BCUT2D eigenvalue weighted by atomic mass is 16.5. The summed E-state index contributed by atoms with van der Waals surface area (Å²) in [6.45, 7) is 15.0. The van der Waals surface area contributed by atoms with Gasteiger partial charge in [-0.15, -0.1) is 0 Å². The Morgan fingerprint density at radius 1 is 0.750 bits per heavy atom. The summed E-state index contributed by atoms with van der Waals surface area (Å²) in [6.07, 6.45) is 17.9. The summed E-state index contributed by atoms with van der Waals surface area (Å²) < 4.78 is 5.20. The van der Waals surface area contributed by atoms with Crippen molar-refractivity contribution >= 4 is 11.8 Å².